The van der Waals surface area contributed by atoms with Gasteiger partial charge in [-0.15, -0.1) is 0 Å². The highest BCUT2D eigenvalue weighted by molar-refractivity contribution is 5.56. The van der Waals surface area contributed by atoms with Crippen molar-refractivity contribution in [2.24, 2.45) is 11.7 Å². The van der Waals surface area contributed by atoms with Crippen molar-refractivity contribution < 1.29 is 0 Å². The van der Waals surface area contributed by atoms with Gasteiger partial charge in [-0.1, -0.05) is 51.3 Å². The summed E-state index contributed by atoms with van der Waals surface area (Å²) >= 11 is 0. The van der Waals surface area contributed by atoms with E-state index in [1.165, 1.54) is 43.4 Å². The number of nitrogens with zero attached hydrogens (tertiary/aromatic N) is 1. The highest BCUT2D eigenvalue weighted by Crippen LogP contribution is 2.31. The minimum absolute atomic E-state index is 0.510. The number of anilines is 1. The van der Waals surface area contributed by atoms with Gasteiger partial charge in [0.2, 0.25) is 0 Å². The first-order valence-electron chi connectivity index (χ1n) is 7.80. The van der Waals surface area contributed by atoms with E-state index in [0.29, 0.717) is 6.04 Å². The molecule has 106 valence electrons. The molecule has 1 aliphatic rings. The number of para-hydroxylation sites is 1. The van der Waals surface area contributed by atoms with Crippen LogP contribution in [-0.4, -0.2) is 19.1 Å². The molecule has 0 saturated carbocycles. The number of nitrogens with two attached hydrogens (primary N) is 1. The van der Waals surface area contributed by atoms with E-state index in [-0.39, 0.29) is 0 Å². The third-order valence-corrected chi connectivity index (χ3v) is 4.23. The lowest BCUT2D eigenvalue weighted by Crippen LogP contribution is -2.45. The van der Waals surface area contributed by atoms with Gasteiger partial charge < -0.3 is 10.6 Å². The smallest absolute Gasteiger partial charge is 0.0412 e. The van der Waals surface area contributed by atoms with Gasteiger partial charge in [0.05, 0.1) is 0 Å². The average Bonchev–Trinajstić information content (AvgIpc) is 2.43. The van der Waals surface area contributed by atoms with Gasteiger partial charge in [-0.2, -0.15) is 0 Å². The number of fused-ring (bicyclic) bond motifs is 1. The van der Waals surface area contributed by atoms with E-state index in [4.69, 9.17) is 5.73 Å². The molecular formula is C17H28N2. The minimum Gasteiger partial charge on any atom is -0.367 e. The highest BCUT2D eigenvalue weighted by atomic mass is 15.2. The van der Waals surface area contributed by atoms with Crippen LogP contribution in [0, 0.1) is 5.92 Å². The Morgan fingerprint density at radius 3 is 2.84 bits per heavy atom. The third-order valence-electron chi connectivity index (χ3n) is 4.23. The molecule has 1 aliphatic heterocycles. The molecule has 2 N–H and O–H groups in total. The molecule has 1 heterocycles. The molecule has 0 aliphatic carbocycles. The second-order valence-corrected chi connectivity index (χ2v) is 5.98. The monoisotopic (exact) mass is 260 g/mol. The molecule has 2 unspecified atom stereocenters. The van der Waals surface area contributed by atoms with Crippen LogP contribution >= 0.6 is 0 Å². The van der Waals surface area contributed by atoms with Crippen LogP contribution in [0.1, 0.15) is 45.1 Å². The molecule has 0 aromatic heterocycles. The first-order valence-corrected chi connectivity index (χ1v) is 7.80. The molecule has 2 heteroatoms. The number of unbranched alkanes of at least 4 members (excludes halogenated alkanes) is 2. The standard InChI is InChI=1S/C17H28N2/c1-3-4-5-9-16(12-18)19-13-14(2)11-15-8-6-7-10-17(15)19/h6-8,10,14,16H,3-5,9,11-13,18H2,1-2H3. The zero-order valence-electron chi connectivity index (χ0n) is 12.4. The Balaban J connectivity index is 2.13. The summed E-state index contributed by atoms with van der Waals surface area (Å²) in [5, 5.41) is 0. The van der Waals surface area contributed by atoms with Gasteiger partial charge in [-0.3, -0.25) is 0 Å². The zero-order chi connectivity index (χ0) is 13.7. The molecule has 0 spiro atoms. The second kappa shape index (κ2) is 6.95. The number of hydrogen-bond acceptors (Lipinski definition) is 2. The van der Waals surface area contributed by atoms with Crippen LogP contribution in [0.15, 0.2) is 24.3 Å². The van der Waals surface area contributed by atoms with Gasteiger partial charge in [0.1, 0.15) is 0 Å². The topological polar surface area (TPSA) is 29.3 Å². The van der Waals surface area contributed by atoms with Crippen molar-refractivity contribution in [3.05, 3.63) is 29.8 Å². The molecule has 0 bridgehead atoms. The van der Waals surface area contributed by atoms with Crippen molar-refractivity contribution in [3.8, 4) is 0 Å². The predicted molar refractivity (Wildman–Crippen MR) is 83.6 cm³/mol. The van der Waals surface area contributed by atoms with Crippen LogP contribution in [0.2, 0.25) is 0 Å². The van der Waals surface area contributed by atoms with Crippen molar-refractivity contribution >= 4 is 5.69 Å². The quantitative estimate of drug-likeness (QED) is 0.792. The lowest BCUT2D eigenvalue weighted by molar-refractivity contribution is 0.455. The van der Waals surface area contributed by atoms with Crippen molar-refractivity contribution in [2.45, 2.75) is 52.0 Å². The summed E-state index contributed by atoms with van der Waals surface area (Å²) in [5.41, 5.74) is 8.97. The van der Waals surface area contributed by atoms with E-state index >= 15 is 0 Å². The van der Waals surface area contributed by atoms with Crippen LogP contribution in [0.4, 0.5) is 5.69 Å². The van der Waals surface area contributed by atoms with Gasteiger partial charge in [0, 0.05) is 24.8 Å². The molecule has 0 saturated heterocycles. The van der Waals surface area contributed by atoms with Crippen LogP contribution in [0.5, 0.6) is 0 Å². The average molecular weight is 260 g/mol. The van der Waals surface area contributed by atoms with E-state index in [1.54, 1.807) is 0 Å². The molecular weight excluding hydrogens is 232 g/mol. The normalized spacial score (nSPS) is 20.2. The van der Waals surface area contributed by atoms with Gasteiger partial charge in [-0.05, 0) is 30.4 Å². The molecule has 2 rings (SSSR count). The maximum absolute atomic E-state index is 6.05. The van der Waals surface area contributed by atoms with Crippen LogP contribution < -0.4 is 10.6 Å². The van der Waals surface area contributed by atoms with E-state index in [0.717, 1.165) is 19.0 Å². The molecule has 2 nitrogen and oxygen atoms in total. The van der Waals surface area contributed by atoms with Crippen LogP contribution in [-0.2, 0) is 6.42 Å². The highest BCUT2D eigenvalue weighted by Gasteiger charge is 2.26. The lowest BCUT2D eigenvalue weighted by atomic mass is 9.91. The molecule has 0 amide bonds. The van der Waals surface area contributed by atoms with E-state index in [9.17, 15) is 0 Å². The fourth-order valence-corrected chi connectivity index (χ4v) is 3.21. The van der Waals surface area contributed by atoms with Gasteiger partial charge in [-0.25, -0.2) is 0 Å². The predicted octanol–water partition coefficient (Wildman–Crippen LogP) is 3.59. The zero-order valence-corrected chi connectivity index (χ0v) is 12.4. The van der Waals surface area contributed by atoms with Gasteiger partial charge in [0.15, 0.2) is 0 Å². The number of hydrogen-bond donors (Lipinski definition) is 1. The molecule has 1 aromatic rings. The number of benzene rings is 1. The van der Waals surface area contributed by atoms with Crippen molar-refractivity contribution in [3.63, 3.8) is 0 Å². The molecule has 1 aromatic carbocycles. The Morgan fingerprint density at radius 1 is 1.32 bits per heavy atom. The Bertz CT molecular complexity index is 389. The lowest BCUT2D eigenvalue weighted by Gasteiger charge is -2.40. The largest absolute Gasteiger partial charge is 0.367 e. The third kappa shape index (κ3) is 3.50. The van der Waals surface area contributed by atoms with E-state index < -0.39 is 0 Å². The second-order valence-electron chi connectivity index (χ2n) is 5.98. The summed E-state index contributed by atoms with van der Waals surface area (Å²) in [6, 6.07) is 9.36. The summed E-state index contributed by atoms with van der Waals surface area (Å²) in [6.45, 7) is 6.54. The van der Waals surface area contributed by atoms with Crippen LogP contribution in [0.3, 0.4) is 0 Å². The minimum atomic E-state index is 0.510. The Kier molecular flexibility index (Phi) is 5.26. The summed E-state index contributed by atoms with van der Waals surface area (Å²) in [5.74, 6) is 0.732. The van der Waals surface area contributed by atoms with Crippen LogP contribution in [0.25, 0.3) is 0 Å². The Morgan fingerprint density at radius 2 is 2.11 bits per heavy atom. The molecule has 19 heavy (non-hydrogen) atoms. The molecule has 2 atom stereocenters. The first kappa shape index (κ1) is 14.4. The van der Waals surface area contributed by atoms with Crippen molar-refractivity contribution in [1.29, 1.82) is 0 Å². The maximum atomic E-state index is 6.05. The number of rotatable bonds is 6. The maximum Gasteiger partial charge on any atom is 0.0412 e. The summed E-state index contributed by atoms with van der Waals surface area (Å²) < 4.78 is 0. The Labute approximate surface area is 118 Å². The molecule has 0 radical (unpaired) electrons. The first-order chi connectivity index (χ1) is 9.26. The fourth-order valence-electron chi connectivity index (χ4n) is 3.21. The van der Waals surface area contributed by atoms with Gasteiger partial charge in [0.25, 0.3) is 0 Å². The van der Waals surface area contributed by atoms with Gasteiger partial charge >= 0.3 is 0 Å². The van der Waals surface area contributed by atoms with E-state index in [1.807, 2.05) is 0 Å². The van der Waals surface area contributed by atoms with Crippen molar-refractivity contribution in [1.82, 2.24) is 0 Å². The van der Waals surface area contributed by atoms with Crippen molar-refractivity contribution in [2.75, 3.05) is 18.0 Å². The summed E-state index contributed by atoms with van der Waals surface area (Å²) in [6.07, 6.45) is 6.33. The SMILES string of the molecule is CCCCCC(CN)N1CC(C)Cc2ccccc21. The molecule has 0 fully saturated rings. The summed E-state index contributed by atoms with van der Waals surface area (Å²) in [7, 11) is 0. The fraction of sp³-hybridized carbons (Fsp3) is 0.647. The van der Waals surface area contributed by atoms with E-state index in [2.05, 4.69) is 43.0 Å². The summed E-state index contributed by atoms with van der Waals surface area (Å²) in [4.78, 5) is 2.57. The Hall–Kier alpha value is -1.02.